The molecule has 0 aliphatic rings. The van der Waals surface area contributed by atoms with E-state index >= 15 is 0 Å². The van der Waals surface area contributed by atoms with E-state index in [0.29, 0.717) is 22.0 Å². The number of hydrogen-bond donors (Lipinski definition) is 3. The van der Waals surface area contributed by atoms with E-state index in [9.17, 15) is 5.11 Å². The SMILES string of the molecule is COc1cc(/C=N/n2c(-c3cc(C)[nH]n3)n[nH]c2=S)ccc1O. The summed E-state index contributed by atoms with van der Waals surface area (Å²) in [5.41, 5.74) is 2.29. The van der Waals surface area contributed by atoms with E-state index in [4.69, 9.17) is 17.0 Å². The lowest BCUT2D eigenvalue weighted by Crippen LogP contribution is -1.95. The van der Waals surface area contributed by atoms with Crippen molar-refractivity contribution < 1.29 is 9.84 Å². The molecule has 0 spiro atoms. The maximum atomic E-state index is 9.61. The summed E-state index contributed by atoms with van der Waals surface area (Å²) in [6, 6.07) is 6.76. The number of nitrogens with one attached hydrogen (secondary N) is 2. The maximum absolute atomic E-state index is 9.61. The van der Waals surface area contributed by atoms with Gasteiger partial charge in [-0.3, -0.25) is 5.10 Å². The highest BCUT2D eigenvalue weighted by Crippen LogP contribution is 2.25. The number of phenolic OH excluding ortho intramolecular Hbond substituents is 1. The lowest BCUT2D eigenvalue weighted by atomic mass is 10.2. The van der Waals surface area contributed by atoms with E-state index in [1.807, 2.05) is 13.0 Å². The number of methoxy groups -OCH3 is 1. The average Bonchev–Trinajstić information content (AvgIpc) is 3.12. The van der Waals surface area contributed by atoms with E-state index in [2.05, 4.69) is 25.5 Å². The molecule has 0 saturated heterocycles. The van der Waals surface area contributed by atoms with Gasteiger partial charge in [0.05, 0.1) is 13.3 Å². The van der Waals surface area contributed by atoms with Crippen LogP contribution in [0.25, 0.3) is 11.5 Å². The number of H-pyrrole nitrogens is 2. The molecule has 0 atom stereocenters. The third-order valence-corrected chi connectivity index (χ3v) is 3.38. The van der Waals surface area contributed by atoms with Gasteiger partial charge in [-0.2, -0.15) is 20.0 Å². The van der Waals surface area contributed by atoms with Crippen molar-refractivity contribution in [3.05, 3.63) is 40.3 Å². The van der Waals surface area contributed by atoms with Crippen LogP contribution in [-0.4, -0.2) is 43.5 Å². The highest BCUT2D eigenvalue weighted by Gasteiger charge is 2.11. The smallest absolute Gasteiger partial charge is 0.216 e. The summed E-state index contributed by atoms with van der Waals surface area (Å²) in [4.78, 5) is 0. The van der Waals surface area contributed by atoms with Gasteiger partial charge in [-0.05, 0) is 49.0 Å². The number of aromatic amines is 2. The number of ether oxygens (including phenoxy) is 1. The number of nitrogens with zero attached hydrogens (tertiary/aromatic N) is 4. The Morgan fingerprint density at radius 1 is 1.30 bits per heavy atom. The van der Waals surface area contributed by atoms with Crippen LogP contribution < -0.4 is 4.74 Å². The highest BCUT2D eigenvalue weighted by molar-refractivity contribution is 7.71. The largest absolute Gasteiger partial charge is 0.504 e. The summed E-state index contributed by atoms with van der Waals surface area (Å²) in [7, 11) is 1.49. The van der Waals surface area contributed by atoms with E-state index in [1.54, 1.807) is 18.3 Å². The minimum absolute atomic E-state index is 0.0669. The zero-order chi connectivity index (χ0) is 16.4. The van der Waals surface area contributed by atoms with Crippen LogP contribution in [0.15, 0.2) is 29.4 Å². The molecule has 0 unspecified atom stereocenters. The fourth-order valence-electron chi connectivity index (χ4n) is 2.00. The van der Waals surface area contributed by atoms with Crippen LogP contribution in [-0.2, 0) is 0 Å². The fraction of sp³-hybridized carbons (Fsp3) is 0.143. The van der Waals surface area contributed by atoms with Crippen LogP contribution in [0.2, 0.25) is 0 Å². The van der Waals surface area contributed by atoms with Gasteiger partial charge in [0.2, 0.25) is 10.6 Å². The summed E-state index contributed by atoms with van der Waals surface area (Å²) in [5, 5.41) is 27.8. The van der Waals surface area contributed by atoms with Crippen molar-refractivity contribution in [3.63, 3.8) is 0 Å². The molecule has 3 N–H and O–H groups in total. The molecule has 1 aromatic carbocycles. The molecular formula is C14H14N6O2S. The summed E-state index contributed by atoms with van der Waals surface area (Å²) in [6.07, 6.45) is 1.59. The topological polar surface area (TPSA) is 104 Å². The number of phenols is 1. The van der Waals surface area contributed by atoms with Crippen LogP contribution in [0.5, 0.6) is 11.5 Å². The van der Waals surface area contributed by atoms with Crippen molar-refractivity contribution in [2.24, 2.45) is 5.10 Å². The Balaban J connectivity index is 1.97. The van der Waals surface area contributed by atoms with Crippen LogP contribution in [0.1, 0.15) is 11.3 Å². The quantitative estimate of drug-likeness (QED) is 0.503. The van der Waals surface area contributed by atoms with Crippen molar-refractivity contribution in [1.29, 1.82) is 0 Å². The van der Waals surface area contributed by atoms with E-state index < -0.39 is 0 Å². The average molecular weight is 330 g/mol. The summed E-state index contributed by atoms with van der Waals surface area (Å²) in [6.45, 7) is 1.90. The van der Waals surface area contributed by atoms with Gasteiger partial charge in [0.1, 0.15) is 5.69 Å². The molecule has 8 nitrogen and oxygen atoms in total. The minimum atomic E-state index is 0.0669. The Bertz CT molecular complexity index is 923. The van der Waals surface area contributed by atoms with Crippen molar-refractivity contribution in [1.82, 2.24) is 25.1 Å². The van der Waals surface area contributed by atoms with Gasteiger partial charge in [0.25, 0.3) is 0 Å². The number of benzene rings is 1. The van der Waals surface area contributed by atoms with Crippen molar-refractivity contribution in [3.8, 4) is 23.0 Å². The van der Waals surface area contributed by atoms with Gasteiger partial charge >= 0.3 is 0 Å². The standard InChI is InChI=1S/C14H14N6O2S/c1-8-5-10(17-16-8)13-18-19-14(23)20(13)15-7-9-3-4-11(21)12(6-9)22-2/h3-7,21H,1-2H3,(H,16,17)(H,19,23)/b15-7+. The molecule has 3 aromatic rings. The molecule has 2 aromatic heterocycles. The van der Waals surface area contributed by atoms with E-state index in [-0.39, 0.29) is 5.75 Å². The Hall–Kier alpha value is -2.94. The number of aryl methyl sites for hydroxylation is 1. The molecule has 0 bridgehead atoms. The summed E-state index contributed by atoms with van der Waals surface area (Å²) in [5.74, 6) is 0.937. The first-order chi connectivity index (χ1) is 11.1. The first-order valence-electron chi connectivity index (χ1n) is 6.69. The lowest BCUT2D eigenvalue weighted by Gasteiger charge is -2.03. The Kier molecular flexibility index (Phi) is 3.94. The Labute approximate surface area is 136 Å². The second-order valence-corrected chi connectivity index (χ2v) is 5.16. The predicted molar refractivity (Wildman–Crippen MR) is 87.4 cm³/mol. The zero-order valence-electron chi connectivity index (χ0n) is 12.4. The predicted octanol–water partition coefficient (Wildman–Crippen LogP) is 2.24. The van der Waals surface area contributed by atoms with Gasteiger partial charge in [0, 0.05) is 5.69 Å². The summed E-state index contributed by atoms with van der Waals surface area (Å²) >= 11 is 5.19. The molecule has 0 radical (unpaired) electrons. The summed E-state index contributed by atoms with van der Waals surface area (Å²) < 4.78 is 6.90. The second kappa shape index (κ2) is 6.05. The van der Waals surface area contributed by atoms with Crippen LogP contribution >= 0.6 is 12.2 Å². The molecule has 0 saturated carbocycles. The lowest BCUT2D eigenvalue weighted by molar-refractivity contribution is 0.373. The van der Waals surface area contributed by atoms with E-state index in [0.717, 1.165) is 11.3 Å². The minimum Gasteiger partial charge on any atom is -0.504 e. The second-order valence-electron chi connectivity index (χ2n) is 4.78. The molecule has 23 heavy (non-hydrogen) atoms. The van der Waals surface area contributed by atoms with Crippen LogP contribution in [0.4, 0.5) is 0 Å². The van der Waals surface area contributed by atoms with Gasteiger partial charge in [-0.15, -0.1) is 0 Å². The third-order valence-electron chi connectivity index (χ3n) is 3.11. The molecule has 0 aliphatic heterocycles. The number of aromatic nitrogens is 5. The number of aromatic hydroxyl groups is 1. The van der Waals surface area contributed by atoms with Gasteiger partial charge in [-0.1, -0.05) is 0 Å². The highest BCUT2D eigenvalue weighted by atomic mass is 32.1. The van der Waals surface area contributed by atoms with Crippen molar-refractivity contribution in [2.75, 3.05) is 7.11 Å². The molecule has 2 heterocycles. The Morgan fingerprint density at radius 3 is 2.83 bits per heavy atom. The zero-order valence-corrected chi connectivity index (χ0v) is 13.3. The maximum Gasteiger partial charge on any atom is 0.216 e. The van der Waals surface area contributed by atoms with Gasteiger partial charge < -0.3 is 9.84 Å². The molecule has 3 rings (SSSR count). The molecule has 0 fully saturated rings. The third kappa shape index (κ3) is 2.99. The van der Waals surface area contributed by atoms with Crippen LogP contribution in [0, 0.1) is 11.7 Å². The Morgan fingerprint density at radius 2 is 2.13 bits per heavy atom. The first kappa shape index (κ1) is 15.0. The number of rotatable bonds is 4. The van der Waals surface area contributed by atoms with Gasteiger partial charge in [0.15, 0.2) is 11.5 Å². The molecule has 0 aliphatic carbocycles. The van der Waals surface area contributed by atoms with Gasteiger partial charge in [-0.25, -0.2) is 5.10 Å². The molecule has 0 amide bonds. The fourth-order valence-corrected chi connectivity index (χ4v) is 2.18. The van der Waals surface area contributed by atoms with Crippen molar-refractivity contribution >= 4 is 18.4 Å². The van der Waals surface area contributed by atoms with Crippen molar-refractivity contribution in [2.45, 2.75) is 6.92 Å². The molecular weight excluding hydrogens is 316 g/mol. The number of hydrogen-bond acceptors (Lipinski definition) is 6. The first-order valence-corrected chi connectivity index (χ1v) is 7.10. The van der Waals surface area contributed by atoms with E-state index in [1.165, 1.54) is 17.9 Å². The molecule has 9 heteroatoms. The van der Waals surface area contributed by atoms with Crippen LogP contribution in [0.3, 0.4) is 0 Å². The monoisotopic (exact) mass is 330 g/mol. The normalized spacial score (nSPS) is 11.2. The molecule has 118 valence electrons.